The average molecular weight is 477 g/mol. The van der Waals surface area contributed by atoms with Crippen LogP contribution in [0.1, 0.15) is 36.8 Å². The van der Waals surface area contributed by atoms with E-state index in [0.29, 0.717) is 24.6 Å². The van der Waals surface area contributed by atoms with Crippen molar-refractivity contribution in [1.82, 2.24) is 19.2 Å². The van der Waals surface area contributed by atoms with Crippen LogP contribution in [-0.2, 0) is 17.8 Å². The van der Waals surface area contributed by atoms with Gasteiger partial charge in [-0.25, -0.2) is 4.98 Å². The highest BCUT2D eigenvalue weighted by atomic mass is 32.1. The highest BCUT2D eigenvalue weighted by Gasteiger charge is 2.21. The molecule has 0 unspecified atom stereocenters. The van der Waals surface area contributed by atoms with Gasteiger partial charge >= 0.3 is 0 Å². The maximum atomic E-state index is 12.9. The predicted octanol–water partition coefficient (Wildman–Crippen LogP) is 4.20. The number of piperazine rings is 1. The highest BCUT2D eigenvalue weighted by Crippen LogP contribution is 2.28. The van der Waals surface area contributed by atoms with E-state index < -0.39 is 0 Å². The van der Waals surface area contributed by atoms with Gasteiger partial charge in [0, 0.05) is 73.8 Å². The molecule has 4 heterocycles. The summed E-state index contributed by atoms with van der Waals surface area (Å²) in [5.41, 5.74) is 2.60. The van der Waals surface area contributed by atoms with E-state index in [1.165, 1.54) is 11.3 Å². The van der Waals surface area contributed by atoms with Gasteiger partial charge in [0.15, 0.2) is 4.96 Å². The summed E-state index contributed by atoms with van der Waals surface area (Å²) in [6, 6.07) is 9.59. The van der Waals surface area contributed by atoms with Crippen LogP contribution in [-0.4, -0.2) is 51.3 Å². The lowest BCUT2D eigenvalue weighted by Crippen LogP contribution is -2.48. The summed E-state index contributed by atoms with van der Waals surface area (Å²) in [6.07, 6.45) is 8.35. The Morgan fingerprint density at radius 2 is 2.03 bits per heavy atom. The summed E-state index contributed by atoms with van der Waals surface area (Å²) in [5.74, 6) is 0.964. The molecule has 0 atom stereocenters. The molecule has 176 valence electrons. The molecule has 1 aromatic carbocycles. The van der Waals surface area contributed by atoms with Gasteiger partial charge < -0.3 is 9.32 Å². The molecule has 1 aliphatic rings. The Bertz CT molecular complexity index is 1390. The SMILES string of the molecule is CCCCc1oc2ccccc2c1C=CC(=O)N1CCN(Cc2cc(=O)n3ccsc3n2)CC1. The van der Waals surface area contributed by atoms with Gasteiger partial charge in [-0.2, -0.15) is 0 Å². The number of unbranched alkanes of at least 4 members (excludes halogenated alkanes) is 1. The summed E-state index contributed by atoms with van der Waals surface area (Å²) >= 11 is 1.46. The quantitative estimate of drug-likeness (QED) is 0.374. The van der Waals surface area contributed by atoms with Crippen LogP contribution in [0.15, 0.2) is 57.2 Å². The van der Waals surface area contributed by atoms with Crippen LogP contribution in [0.3, 0.4) is 0 Å². The summed E-state index contributed by atoms with van der Waals surface area (Å²) in [6.45, 7) is 5.58. The van der Waals surface area contributed by atoms with Crippen molar-refractivity contribution in [2.75, 3.05) is 26.2 Å². The van der Waals surface area contributed by atoms with Crippen LogP contribution in [0, 0.1) is 0 Å². The molecule has 0 radical (unpaired) electrons. The first kappa shape index (κ1) is 22.6. The summed E-state index contributed by atoms with van der Waals surface area (Å²) < 4.78 is 7.63. The Hall–Kier alpha value is -3.23. The molecule has 0 aliphatic carbocycles. The number of carbonyl (C=O) groups is 1. The number of furan rings is 1. The van der Waals surface area contributed by atoms with E-state index in [0.717, 1.165) is 60.3 Å². The van der Waals surface area contributed by atoms with Gasteiger partial charge in [-0.1, -0.05) is 31.5 Å². The minimum absolute atomic E-state index is 0.0164. The third-order valence-electron chi connectivity index (χ3n) is 6.29. The molecule has 7 nitrogen and oxygen atoms in total. The molecule has 0 spiro atoms. The Kier molecular flexibility index (Phi) is 6.60. The smallest absolute Gasteiger partial charge is 0.258 e. The number of fused-ring (bicyclic) bond motifs is 2. The minimum Gasteiger partial charge on any atom is -0.460 e. The van der Waals surface area contributed by atoms with E-state index in [2.05, 4.69) is 16.8 Å². The fourth-order valence-corrected chi connectivity index (χ4v) is 5.14. The van der Waals surface area contributed by atoms with Crippen LogP contribution in [0.2, 0.25) is 0 Å². The summed E-state index contributed by atoms with van der Waals surface area (Å²) in [4.78, 5) is 34.6. The van der Waals surface area contributed by atoms with E-state index in [9.17, 15) is 9.59 Å². The van der Waals surface area contributed by atoms with E-state index in [1.54, 1.807) is 22.7 Å². The van der Waals surface area contributed by atoms with Gasteiger partial charge in [0.2, 0.25) is 5.91 Å². The first-order valence-corrected chi connectivity index (χ1v) is 12.7. The van der Waals surface area contributed by atoms with Crippen molar-refractivity contribution in [1.29, 1.82) is 0 Å². The molecule has 1 aliphatic heterocycles. The predicted molar refractivity (Wildman–Crippen MR) is 135 cm³/mol. The Balaban J connectivity index is 1.22. The molecule has 1 amide bonds. The van der Waals surface area contributed by atoms with Crippen LogP contribution in [0.4, 0.5) is 0 Å². The third kappa shape index (κ3) is 4.69. The molecule has 5 rings (SSSR count). The maximum Gasteiger partial charge on any atom is 0.258 e. The molecule has 0 saturated carbocycles. The number of aromatic nitrogens is 2. The number of hydrogen-bond donors (Lipinski definition) is 0. The summed E-state index contributed by atoms with van der Waals surface area (Å²) in [7, 11) is 0. The molecule has 1 saturated heterocycles. The zero-order chi connectivity index (χ0) is 23.5. The van der Waals surface area contributed by atoms with E-state index in [4.69, 9.17) is 4.42 Å². The molecular weight excluding hydrogens is 448 g/mol. The second-order valence-electron chi connectivity index (χ2n) is 8.61. The van der Waals surface area contributed by atoms with Crippen molar-refractivity contribution in [3.8, 4) is 0 Å². The number of carbonyl (C=O) groups excluding carboxylic acids is 1. The zero-order valence-electron chi connectivity index (χ0n) is 19.3. The van der Waals surface area contributed by atoms with Gasteiger partial charge in [-0.3, -0.25) is 18.9 Å². The molecule has 1 fully saturated rings. The van der Waals surface area contributed by atoms with Crippen LogP contribution >= 0.6 is 11.3 Å². The topological polar surface area (TPSA) is 71.1 Å². The van der Waals surface area contributed by atoms with Crippen molar-refractivity contribution < 1.29 is 9.21 Å². The van der Waals surface area contributed by atoms with Crippen molar-refractivity contribution in [2.45, 2.75) is 32.7 Å². The number of benzene rings is 1. The number of thiazole rings is 1. The molecule has 4 aromatic rings. The lowest BCUT2D eigenvalue weighted by atomic mass is 10.1. The van der Waals surface area contributed by atoms with Crippen LogP contribution in [0.25, 0.3) is 22.0 Å². The molecule has 0 bridgehead atoms. The van der Waals surface area contributed by atoms with Crippen LogP contribution in [0.5, 0.6) is 0 Å². The number of nitrogens with zero attached hydrogens (tertiary/aromatic N) is 4. The molecular formula is C26H28N4O3S. The first-order chi connectivity index (χ1) is 16.6. The number of hydrogen-bond acceptors (Lipinski definition) is 6. The number of rotatable bonds is 7. The fourth-order valence-electron chi connectivity index (χ4n) is 4.41. The molecule has 3 aromatic heterocycles. The maximum absolute atomic E-state index is 12.9. The zero-order valence-corrected chi connectivity index (χ0v) is 20.1. The van der Waals surface area contributed by atoms with Crippen molar-refractivity contribution in [3.05, 3.63) is 75.4 Å². The largest absolute Gasteiger partial charge is 0.460 e. The van der Waals surface area contributed by atoms with Crippen molar-refractivity contribution >= 4 is 39.3 Å². The first-order valence-electron chi connectivity index (χ1n) is 11.8. The summed E-state index contributed by atoms with van der Waals surface area (Å²) in [5, 5.41) is 2.92. The molecule has 8 heteroatoms. The minimum atomic E-state index is -0.0507. The van der Waals surface area contributed by atoms with Crippen LogP contribution < -0.4 is 5.56 Å². The average Bonchev–Trinajstić information content (AvgIpc) is 3.46. The normalized spacial score (nSPS) is 15.1. The van der Waals surface area contributed by atoms with E-state index in [-0.39, 0.29) is 11.5 Å². The third-order valence-corrected chi connectivity index (χ3v) is 7.04. The standard InChI is InChI=1S/C26H28N4O3S/c1-2-3-7-22-21(20-6-4-5-8-23(20)33-22)9-10-24(31)29-13-11-28(12-14-29)18-19-17-25(32)30-15-16-34-26(30)27-19/h4-6,8-10,15-17H,2-3,7,11-14,18H2,1H3. The monoisotopic (exact) mass is 476 g/mol. The van der Waals surface area contributed by atoms with Gasteiger partial charge in [0.25, 0.3) is 5.56 Å². The Labute approximate surface area is 201 Å². The number of amides is 1. The Morgan fingerprint density at radius 3 is 2.85 bits per heavy atom. The fraction of sp³-hybridized carbons (Fsp3) is 0.346. The molecule has 0 N–H and O–H groups in total. The Morgan fingerprint density at radius 1 is 1.21 bits per heavy atom. The van der Waals surface area contributed by atoms with E-state index >= 15 is 0 Å². The van der Waals surface area contributed by atoms with Gasteiger partial charge in [0.05, 0.1) is 5.69 Å². The lowest BCUT2D eigenvalue weighted by Gasteiger charge is -2.34. The second-order valence-corrected chi connectivity index (χ2v) is 9.49. The van der Waals surface area contributed by atoms with Crippen molar-refractivity contribution in [3.63, 3.8) is 0 Å². The number of para-hydroxylation sites is 1. The number of aryl methyl sites for hydroxylation is 1. The van der Waals surface area contributed by atoms with Crippen molar-refractivity contribution in [2.24, 2.45) is 0 Å². The van der Waals surface area contributed by atoms with E-state index in [1.807, 2.05) is 40.6 Å². The second kappa shape index (κ2) is 9.95. The highest BCUT2D eigenvalue weighted by molar-refractivity contribution is 7.15. The molecule has 34 heavy (non-hydrogen) atoms. The van der Waals surface area contributed by atoms with Gasteiger partial charge in [-0.05, 0) is 18.6 Å². The van der Waals surface area contributed by atoms with Gasteiger partial charge in [-0.15, -0.1) is 11.3 Å². The lowest BCUT2D eigenvalue weighted by molar-refractivity contribution is -0.127. The van der Waals surface area contributed by atoms with Gasteiger partial charge in [0.1, 0.15) is 11.3 Å².